The number of hydrogen-bond donors (Lipinski definition) is 2. The Hall–Kier alpha value is -3.76. The van der Waals surface area contributed by atoms with Crippen LogP contribution in [0.1, 0.15) is 50.8 Å². The third kappa shape index (κ3) is 6.07. The number of alkyl halides is 5. The second-order valence-electron chi connectivity index (χ2n) is 8.39. The number of carboxylic acids is 1. The smallest absolute Gasteiger partial charge is 0.434 e. The van der Waals surface area contributed by atoms with E-state index in [1.165, 1.54) is 20.0 Å². The highest BCUT2D eigenvalue weighted by atomic mass is 19.4. The molecule has 1 fully saturated rings. The lowest BCUT2D eigenvalue weighted by Gasteiger charge is -2.22. The summed E-state index contributed by atoms with van der Waals surface area (Å²) in [6, 6.07) is 2.22. The molecule has 2 heterocycles. The average Bonchev–Trinajstić information content (AvgIpc) is 3.45. The molecule has 2 aromatic rings. The van der Waals surface area contributed by atoms with Gasteiger partial charge in [0.25, 0.3) is 5.92 Å². The van der Waals surface area contributed by atoms with Gasteiger partial charge in [0.2, 0.25) is 0 Å². The van der Waals surface area contributed by atoms with Crippen LogP contribution in [0.15, 0.2) is 12.1 Å². The van der Waals surface area contributed by atoms with Crippen molar-refractivity contribution in [3.05, 3.63) is 23.4 Å². The number of carbonyl (C=O) groups excluding carboxylic acids is 1. The lowest BCUT2D eigenvalue weighted by molar-refractivity contribution is -0.141. The summed E-state index contributed by atoms with van der Waals surface area (Å²) in [5.74, 6) is 0.419. The van der Waals surface area contributed by atoms with Gasteiger partial charge in [0, 0.05) is 18.9 Å². The van der Waals surface area contributed by atoms with Crippen LogP contribution in [0.3, 0.4) is 0 Å². The van der Waals surface area contributed by atoms with E-state index in [1.54, 1.807) is 0 Å². The number of rotatable bonds is 7. The zero-order valence-corrected chi connectivity index (χ0v) is 19.4. The number of aliphatic carboxylic acids is 1. The number of anilines is 1. The first-order chi connectivity index (χ1) is 16.7. The van der Waals surface area contributed by atoms with Crippen LogP contribution in [0, 0.1) is 17.3 Å². The van der Waals surface area contributed by atoms with Gasteiger partial charge >= 0.3 is 18.2 Å². The minimum Gasteiger partial charge on any atom is -0.481 e. The number of halogens is 5. The van der Waals surface area contributed by atoms with Gasteiger partial charge in [0.1, 0.15) is 0 Å². The topological polar surface area (TPSA) is 119 Å². The molecule has 14 heteroatoms. The third-order valence-electron chi connectivity index (χ3n) is 5.61. The van der Waals surface area contributed by atoms with Crippen LogP contribution in [0.2, 0.25) is 0 Å². The molecule has 1 amide bonds. The molecule has 0 radical (unpaired) electrons. The molecule has 1 aliphatic rings. The number of carbonyl (C=O) groups is 2. The van der Waals surface area contributed by atoms with Crippen molar-refractivity contribution in [1.82, 2.24) is 20.0 Å². The number of pyridine rings is 1. The normalized spacial score (nSPS) is 15.4. The molecule has 0 saturated heterocycles. The molecule has 3 rings (SSSR count). The Morgan fingerprint density at radius 2 is 1.94 bits per heavy atom. The predicted octanol–water partition coefficient (Wildman–Crippen LogP) is 4.48. The summed E-state index contributed by atoms with van der Waals surface area (Å²) < 4.78 is 74.4. The Morgan fingerprint density at radius 3 is 2.50 bits per heavy atom. The minimum atomic E-state index is -4.92. The van der Waals surface area contributed by atoms with Crippen molar-refractivity contribution in [3.8, 4) is 23.2 Å². The number of nitrogens with one attached hydrogen (secondary N) is 1. The minimum absolute atomic E-state index is 0.232. The summed E-state index contributed by atoms with van der Waals surface area (Å²) in [4.78, 5) is 26.8. The Labute approximate surface area is 202 Å². The zero-order valence-electron chi connectivity index (χ0n) is 19.4. The van der Waals surface area contributed by atoms with E-state index >= 15 is 0 Å². The van der Waals surface area contributed by atoms with E-state index in [-0.39, 0.29) is 23.6 Å². The average molecular weight is 515 g/mol. The highest BCUT2D eigenvalue weighted by Crippen LogP contribution is 2.48. The van der Waals surface area contributed by atoms with E-state index < -0.39 is 53.4 Å². The molecule has 0 aromatic carbocycles. The second kappa shape index (κ2) is 9.71. The summed E-state index contributed by atoms with van der Waals surface area (Å²) in [5.41, 5.74) is -3.25. The van der Waals surface area contributed by atoms with E-state index in [9.17, 15) is 31.5 Å². The molecule has 194 valence electrons. The van der Waals surface area contributed by atoms with E-state index in [0.717, 1.165) is 17.7 Å². The Kier molecular flexibility index (Phi) is 7.24. The van der Waals surface area contributed by atoms with Gasteiger partial charge in [-0.25, -0.2) is 23.2 Å². The van der Waals surface area contributed by atoms with Crippen LogP contribution in [-0.2, 0) is 22.8 Å². The maximum absolute atomic E-state index is 13.8. The molecular weight excluding hydrogens is 493 g/mol. The van der Waals surface area contributed by atoms with Crippen molar-refractivity contribution < 1.29 is 41.4 Å². The summed E-state index contributed by atoms with van der Waals surface area (Å²) in [5, 5.41) is 18.5. The number of carboxylic acid groups (broad SMARTS) is 1. The fourth-order valence-corrected chi connectivity index (χ4v) is 3.22. The molecule has 0 bridgehead atoms. The van der Waals surface area contributed by atoms with E-state index in [2.05, 4.69) is 32.5 Å². The van der Waals surface area contributed by atoms with Crippen molar-refractivity contribution in [1.29, 1.82) is 0 Å². The fourth-order valence-electron chi connectivity index (χ4n) is 3.22. The van der Waals surface area contributed by atoms with Crippen molar-refractivity contribution in [2.24, 2.45) is 12.5 Å². The number of aromatic nitrogens is 4. The predicted molar refractivity (Wildman–Crippen MR) is 115 cm³/mol. The number of nitrogens with zero attached hydrogens (tertiary/aromatic N) is 4. The summed E-state index contributed by atoms with van der Waals surface area (Å²) >= 11 is 0. The SMILES string of the molecule is CCC(F)(F)[C@@H](C)OC(=O)Nc1c(-c2ccc(C#CC3(CC(=O)O)CC3)c(C(F)(F)F)n2)nnn1C. The molecule has 9 nitrogen and oxygen atoms in total. The molecule has 36 heavy (non-hydrogen) atoms. The van der Waals surface area contributed by atoms with Crippen molar-refractivity contribution >= 4 is 17.9 Å². The molecule has 1 atom stereocenters. The van der Waals surface area contributed by atoms with Gasteiger partial charge in [-0.15, -0.1) is 5.10 Å². The molecule has 0 unspecified atom stereocenters. The lowest BCUT2D eigenvalue weighted by Crippen LogP contribution is -2.36. The summed E-state index contributed by atoms with van der Waals surface area (Å²) in [6.07, 6.45) is -7.89. The van der Waals surface area contributed by atoms with Gasteiger partial charge in [0.05, 0.1) is 17.7 Å². The highest BCUT2D eigenvalue weighted by Gasteiger charge is 2.43. The van der Waals surface area contributed by atoms with Gasteiger partial charge in [0.15, 0.2) is 23.3 Å². The monoisotopic (exact) mass is 515 g/mol. The Balaban J connectivity index is 1.92. The van der Waals surface area contributed by atoms with Gasteiger partial charge in [-0.05, 0) is 31.9 Å². The van der Waals surface area contributed by atoms with E-state index in [0.29, 0.717) is 12.8 Å². The first kappa shape index (κ1) is 26.8. The van der Waals surface area contributed by atoms with E-state index in [1.807, 2.05) is 0 Å². The highest BCUT2D eigenvalue weighted by molar-refractivity contribution is 5.88. The molecule has 2 aromatic heterocycles. The van der Waals surface area contributed by atoms with E-state index in [4.69, 9.17) is 9.84 Å². The number of aryl methyl sites for hydroxylation is 1. The van der Waals surface area contributed by atoms with Crippen LogP contribution < -0.4 is 5.32 Å². The van der Waals surface area contributed by atoms with Crippen molar-refractivity contribution in [2.45, 2.75) is 57.7 Å². The Morgan fingerprint density at radius 1 is 1.28 bits per heavy atom. The largest absolute Gasteiger partial charge is 0.481 e. The molecular formula is C22H22F5N5O4. The van der Waals surface area contributed by atoms with Crippen molar-refractivity contribution in [3.63, 3.8) is 0 Å². The molecule has 0 aliphatic heterocycles. The quantitative estimate of drug-likeness (QED) is 0.412. The van der Waals surface area contributed by atoms with Crippen LogP contribution in [0.5, 0.6) is 0 Å². The first-order valence-electron chi connectivity index (χ1n) is 10.8. The standard InChI is InChI=1S/C22H22F5N5O4/c1-4-21(23,24)12(2)36-19(35)29-18-16(30-31-32(18)3)14-6-5-13(17(28-14)22(25,26)27)7-8-20(9-10-20)11-15(33)34/h5-6,12H,4,9-11H2,1-3H3,(H,29,35)(H,33,34)/t12-/m1/s1. The molecule has 0 spiro atoms. The van der Waals surface area contributed by atoms with Crippen molar-refractivity contribution in [2.75, 3.05) is 5.32 Å². The Bertz CT molecular complexity index is 1230. The molecule has 1 aliphatic carbocycles. The second-order valence-corrected chi connectivity index (χ2v) is 8.39. The number of ether oxygens (including phenoxy) is 1. The summed E-state index contributed by atoms with van der Waals surface area (Å²) in [7, 11) is 1.32. The van der Waals surface area contributed by atoms with Crippen LogP contribution in [-0.4, -0.2) is 49.2 Å². The third-order valence-corrected chi connectivity index (χ3v) is 5.61. The maximum atomic E-state index is 13.8. The van der Waals surface area contributed by atoms with Gasteiger partial charge < -0.3 is 9.84 Å². The first-order valence-corrected chi connectivity index (χ1v) is 10.8. The maximum Gasteiger partial charge on any atom is 0.434 e. The number of hydrogen-bond acceptors (Lipinski definition) is 6. The van der Waals surface area contributed by atoms with Gasteiger partial charge in [-0.2, -0.15) is 13.2 Å². The molecule has 1 saturated carbocycles. The van der Waals surface area contributed by atoms with Crippen LogP contribution >= 0.6 is 0 Å². The summed E-state index contributed by atoms with van der Waals surface area (Å²) in [6.45, 7) is 2.22. The van der Waals surface area contributed by atoms with Gasteiger partial charge in [-0.3, -0.25) is 10.1 Å². The zero-order chi connectivity index (χ0) is 26.9. The van der Waals surface area contributed by atoms with Gasteiger partial charge in [-0.1, -0.05) is 24.0 Å². The molecule has 2 N–H and O–H groups in total. The number of amides is 1. The van der Waals surface area contributed by atoms with Crippen LogP contribution in [0.4, 0.5) is 32.6 Å². The fraction of sp³-hybridized carbons (Fsp3) is 0.500. The van der Waals surface area contributed by atoms with Crippen LogP contribution in [0.25, 0.3) is 11.4 Å². The lowest BCUT2D eigenvalue weighted by atomic mass is 10.0.